The van der Waals surface area contributed by atoms with Crippen molar-refractivity contribution in [1.82, 2.24) is 4.98 Å². The Morgan fingerprint density at radius 1 is 1.00 bits per heavy atom. The Kier molecular flexibility index (Phi) is 13.3. The van der Waals surface area contributed by atoms with Crippen molar-refractivity contribution in [2.75, 3.05) is 11.9 Å². The van der Waals surface area contributed by atoms with Gasteiger partial charge in [-0.3, -0.25) is 0 Å². The number of aliphatic hydroxyl groups is 1. The molecule has 5 heteroatoms. The maximum Gasteiger partial charge on any atom is 0.328 e. The lowest BCUT2D eigenvalue weighted by Crippen LogP contribution is -2.17. The van der Waals surface area contributed by atoms with Crippen LogP contribution in [0.1, 0.15) is 77.0 Å². The minimum atomic E-state index is -0.903. The van der Waals surface area contributed by atoms with Crippen molar-refractivity contribution >= 4 is 11.8 Å². The second-order valence-corrected chi connectivity index (χ2v) is 6.93. The molecule has 148 valence electrons. The second kappa shape index (κ2) is 15.5. The Bertz CT molecular complexity index is 472. The fourth-order valence-electron chi connectivity index (χ4n) is 3.10. The first kappa shape index (κ1) is 22.3. The summed E-state index contributed by atoms with van der Waals surface area (Å²) in [4.78, 5) is 13.8. The monoisotopic (exact) mass is 364 g/mol. The number of nitrogens with one attached hydrogen (secondary N) is 2. The van der Waals surface area contributed by atoms with Gasteiger partial charge in [0.2, 0.25) is 0 Å². The van der Waals surface area contributed by atoms with Gasteiger partial charge in [0.05, 0.1) is 0 Å². The number of hydrogen-bond acceptors (Lipinski definition) is 3. The van der Waals surface area contributed by atoms with Crippen molar-refractivity contribution in [3.8, 4) is 0 Å². The lowest BCUT2D eigenvalue weighted by atomic mass is 10.0. The summed E-state index contributed by atoms with van der Waals surface area (Å²) in [6.07, 6.45) is 19.2. The first-order valence-electron chi connectivity index (χ1n) is 10.1. The number of anilines is 1. The molecule has 26 heavy (non-hydrogen) atoms. The maximum atomic E-state index is 10.7. The predicted molar refractivity (Wildman–Crippen MR) is 107 cm³/mol. The van der Waals surface area contributed by atoms with Crippen molar-refractivity contribution in [1.29, 1.82) is 0 Å². The number of hydrogen-bond donors (Lipinski definition) is 4. The van der Waals surface area contributed by atoms with Gasteiger partial charge >= 0.3 is 5.97 Å². The van der Waals surface area contributed by atoms with E-state index < -0.39 is 5.97 Å². The van der Waals surface area contributed by atoms with Crippen molar-refractivity contribution < 1.29 is 15.0 Å². The summed E-state index contributed by atoms with van der Waals surface area (Å²) in [6, 6.07) is 3.92. The molecule has 0 aromatic carbocycles. The number of aromatic amines is 1. The van der Waals surface area contributed by atoms with Gasteiger partial charge in [0, 0.05) is 24.9 Å². The number of aliphatic carboxylic acids is 1. The molecule has 0 aliphatic carbocycles. The van der Waals surface area contributed by atoms with E-state index in [0.29, 0.717) is 6.61 Å². The zero-order valence-corrected chi connectivity index (χ0v) is 16.0. The van der Waals surface area contributed by atoms with Crippen LogP contribution in [0.3, 0.4) is 0 Å². The van der Waals surface area contributed by atoms with E-state index in [-0.39, 0.29) is 6.04 Å². The Balaban J connectivity index is 2.04. The highest BCUT2D eigenvalue weighted by molar-refractivity contribution is 5.79. The Labute approximate surface area is 157 Å². The molecule has 1 unspecified atom stereocenters. The van der Waals surface area contributed by atoms with Crippen molar-refractivity contribution in [2.45, 2.75) is 83.1 Å². The molecule has 0 spiro atoms. The van der Waals surface area contributed by atoms with Crippen LogP contribution in [0.5, 0.6) is 0 Å². The molecule has 0 amide bonds. The average molecular weight is 365 g/mol. The molecule has 0 aliphatic rings. The van der Waals surface area contributed by atoms with Crippen LogP contribution in [0.25, 0.3) is 0 Å². The molecule has 1 rings (SSSR count). The molecule has 0 fully saturated rings. The van der Waals surface area contributed by atoms with Crippen LogP contribution in [0.15, 0.2) is 30.5 Å². The van der Waals surface area contributed by atoms with E-state index in [1.54, 1.807) is 6.08 Å². The van der Waals surface area contributed by atoms with E-state index >= 15 is 0 Å². The standard InChI is InChI=1S/C21H36N2O3/c24-18-11-9-7-5-3-1-2-4-6-8-10-13-19(15-16-21(25)26)23-20-14-12-17-22-20/h12,14-17,19,22-24H,1-11,13,18H2,(H,25,26). The van der Waals surface area contributed by atoms with Crippen molar-refractivity contribution in [2.24, 2.45) is 0 Å². The van der Waals surface area contributed by atoms with Gasteiger partial charge in [-0.05, 0) is 25.0 Å². The summed E-state index contributed by atoms with van der Waals surface area (Å²) in [5, 5.41) is 20.9. The van der Waals surface area contributed by atoms with Crippen molar-refractivity contribution in [3.63, 3.8) is 0 Å². The number of carbonyl (C=O) groups is 1. The van der Waals surface area contributed by atoms with Gasteiger partial charge in [0.25, 0.3) is 0 Å². The summed E-state index contributed by atoms with van der Waals surface area (Å²) in [5.74, 6) is 0.0173. The van der Waals surface area contributed by atoms with E-state index in [2.05, 4.69) is 10.3 Å². The summed E-state index contributed by atoms with van der Waals surface area (Å²) < 4.78 is 0. The molecule has 1 aromatic rings. The molecule has 1 aromatic heterocycles. The molecule has 4 N–H and O–H groups in total. The summed E-state index contributed by atoms with van der Waals surface area (Å²) in [6.45, 7) is 0.327. The molecule has 0 saturated heterocycles. The molecule has 0 saturated carbocycles. The smallest absolute Gasteiger partial charge is 0.328 e. The third-order valence-corrected chi connectivity index (χ3v) is 4.58. The molecule has 1 atom stereocenters. The minimum Gasteiger partial charge on any atom is -0.478 e. The third-order valence-electron chi connectivity index (χ3n) is 4.58. The number of aliphatic hydroxyl groups excluding tert-OH is 1. The lowest BCUT2D eigenvalue weighted by Gasteiger charge is -2.15. The number of carboxylic acids is 1. The normalized spacial score (nSPS) is 12.5. The number of rotatable bonds is 17. The number of H-pyrrole nitrogens is 1. The zero-order chi connectivity index (χ0) is 18.9. The van der Waals surface area contributed by atoms with Crippen LogP contribution in [0.2, 0.25) is 0 Å². The fourth-order valence-corrected chi connectivity index (χ4v) is 3.10. The largest absolute Gasteiger partial charge is 0.478 e. The maximum absolute atomic E-state index is 10.7. The molecular weight excluding hydrogens is 328 g/mol. The minimum absolute atomic E-state index is 0.0451. The lowest BCUT2D eigenvalue weighted by molar-refractivity contribution is -0.131. The summed E-state index contributed by atoms with van der Waals surface area (Å²) in [7, 11) is 0. The van der Waals surface area contributed by atoms with E-state index in [0.717, 1.165) is 31.5 Å². The molecule has 0 aliphatic heterocycles. The van der Waals surface area contributed by atoms with Gasteiger partial charge in [0.1, 0.15) is 5.82 Å². The number of aromatic nitrogens is 1. The van der Waals surface area contributed by atoms with Gasteiger partial charge in [-0.1, -0.05) is 70.3 Å². The predicted octanol–water partition coefficient (Wildman–Crippen LogP) is 5.11. The SMILES string of the molecule is O=C(O)C=CC(CCCCCCCCCCCCCO)Nc1ccc[nH]1. The Morgan fingerprint density at radius 2 is 1.58 bits per heavy atom. The quantitative estimate of drug-likeness (QED) is 0.229. The highest BCUT2D eigenvalue weighted by atomic mass is 16.4. The summed E-state index contributed by atoms with van der Waals surface area (Å²) >= 11 is 0. The van der Waals surface area contributed by atoms with Crippen LogP contribution in [0, 0.1) is 0 Å². The van der Waals surface area contributed by atoms with Gasteiger partial charge in [-0.15, -0.1) is 0 Å². The van der Waals surface area contributed by atoms with E-state index in [4.69, 9.17) is 10.2 Å². The van der Waals surface area contributed by atoms with Crippen LogP contribution >= 0.6 is 0 Å². The molecule has 0 bridgehead atoms. The van der Waals surface area contributed by atoms with Crippen LogP contribution in [-0.4, -0.2) is 33.8 Å². The first-order valence-corrected chi connectivity index (χ1v) is 10.1. The Morgan fingerprint density at radius 3 is 2.08 bits per heavy atom. The van der Waals surface area contributed by atoms with E-state index in [9.17, 15) is 4.79 Å². The van der Waals surface area contributed by atoms with Gasteiger partial charge in [0.15, 0.2) is 0 Å². The van der Waals surface area contributed by atoms with E-state index in [1.165, 1.54) is 57.4 Å². The molecule has 5 nitrogen and oxygen atoms in total. The van der Waals surface area contributed by atoms with Crippen molar-refractivity contribution in [3.05, 3.63) is 30.5 Å². The second-order valence-electron chi connectivity index (χ2n) is 6.93. The van der Waals surface area contributed by atoms with Gasteiger partial charge in [-0.2, -0.15) is 0 Å². The fraction of sp³-hybridized carbons (Fsp3) is 0.667. The molecule has 1 heterocycles. The number of carboxylic acid groups (broad SMARTS) is 1. The van der Waals surface area contributed by atoms with Crippen LogP contribution < -0.4 is 5.32 Å². The highest BCUT2D eigenvalue weighted by Gasteiger charge is 2.06. The molecular formula is C21H36N2O3. The van der Waals surface area contributed by atoms with E-state index in [1.807, 2.05) is 18.3 Å². The number of unbranched alkanes of at least 4 members (excludes halogenated alkanes) is 10. The summed E-state index contributed by atoms with van der Waals surface area (Å²) in [5.41, 5.74) is 0. The average Bonchev–Trinajstić information content (AvgIpc) is 3.13. The Hall–Kier alpha value is -1.75. The first-order chi connectivity index (χ1) is 12.7. The van der Waals surface area contributed by atoms with Crippen LogP contribution in [0.4, 0.5) is 5.82 Å². The van der Waals surface area contributed by atoms with Crippen LogP contribution in [-0.2, 0) is 4.79 Å². The third kappa shape index (κ3) is 12.6. The topological polar surface area (TPSA) is 85.3 Å². The van der Waals surface area contributed by atoms with Gasteiger partial charge < -0.3 is 20.5 Å². The highest BCUT2D eigenvalue weighted by Crippen LogP contribution is 2.14. The molecule has 0 radical (unpaired) electrons. The van der Waals surface area contributed by atoms with Gasteiger partial charge in [-0.25, -0.2) is 4.79 Å². The zero-order valence-electron chi connectivity index (χ0n) is 16.0.